The van der Waals surface area contributed by atoms with Crippen molar-refractivity contribution in [3.63, 3.8) is 0 Å². The predicted octanol–water partition coefficient (Wildman–Crippen LogP) is 3.59. The molecule has 0 spiro atoms. The summed E-state index contributed by atoms with van der Waals surface area (Å²) < 4.78 is 0. The zero-order valence-electron chi connectivity index (χ0n) is 8.20. The number of para-hydroxylation sites is 1. The summed E-state index contributed by atoms with van der Waals surface area (Å²) in [6.07, 6.45) is 0. The van der Waals surface area contributed by atoms with Crippen LogP contribution in [0.3, 0.4) is 0 Å². The van der Waals surface area contributed by atoms with Gasteiger partial charge in [-0.25, -0.2) is 0 Å². The lowest BCUT2D eigenvalue weighted by atomic mass is 10.2. The molecule has 0 bridgehead atoms. The Kier molecular flexibility index (Phi) is 1.70. The van der Waals surface area contributed by atoms with E-state index in [1.54, 1.807) is 6.92 Å². The molecule has 0 amide bonds. The molecular weight excluding hydrogens is 206 g/mol. The molecule has 0 fully saturated rings. The maximum Gasteiger partial charge on any atom is 0.169 e. The third-order valence-electron chi connectivity index (χ3n) is 2.54. The molecule has 0 aliphatic carbocycles. The molecule has 0 aliphatic rings. The second-order valence-corrected chi connectivity index (χ2v) is 4.63. The van der Waals surface area contributed by atoms with Gasteiger partial charge in [0.15, 0.2) is 5.78 Å². The Bertz CT molecular complexity index is 662. The van der Waals surface area contributed by atoms with Crippen LogP contribution in [0.5, 0.6) is 0 Å². The molecule has 0 saturated carbocycles. The summed E-state index contributed by atoms with van der Waals surface area (Å²) in [6.45, 7) is 1.60. The summed E-state index contributed by atoms with van der Waals surface area (Å²) in [5.74, 6) is 0.133. The summed E-state index contributed by atoms with van der Waals surface area (Å²) in [4.78, 5) is 16.5. The number of ketones is 1. The van der Waals surface area contributed by atoms with Crippen LogP contribution in [-0.4, -0.2) is 10.8 Å². The van der Waals surface area contributed by atoms with Gasteiger partial charge in [0.25, 0.3) is 0 Å². The summed E-state index contributed by atoms with van der Waals surface area (Å²) in [5, 5.41) is 2.34. The highest BCUT2D eigenvalue weighted by Gasteiger charge is 2.10. The average molecular weight is 215 g/mol. The van der Waals surface area contributed by atoms with E-state index in [1.807, 2.05) is 18.2 Å². The standard InChI is InChI=1S/C12H9NOS/c1-7(14)11-6-9-8-4-2-3-5-10(8)13-12(9)15-11/h2-6,13H,1H3. The third-order valence-corrected chi connectivity index (χ3v) is 3.70. The van der Waals surface area contributed by atoms with Gasteiger partial charge >= 0.3 is 0 Å². The van der Waals surface area contributed by atoms with E-state index in [9.17, 15) is 4.79 Å². The summed E-state index contributed by atoms with van der Waals surface area (Å²) in [6, 6.07) is 10.1. The largest absolute Gasteiger partial charge is 0.346 e. The number of hydrogen-bond donors (Lipinski definition) is 1. The Hall–Kier alpha value is -1.61. The van der Waals surface area contributed by atoms with Gasteiger partial charge in [0.1, 0.15) is 4.83 Å². The normalized spacial score (nSPS) is 11.3. The Labute approximate surface area is 90.5 Å². The Balaban J connectivity index is 2.42. The number of carbonyl (C=O) groups excluding carboxylic acids is 1. The predicted molar refractivity (Wildman–Crippen MR) is 63.7 cm³/mol. The van der Waals surface area contributed by atoms with Gasteiger partial charge in [0.2, 0.25) is 0 Å². The van der Waals surface area contributed by atoms with Gasteiger partial charge in [-0.15, -0.1) is 11.3 Å². The van der Waals surface area contributed by atoms with E-state index in [0.717, 1.165) is 20.6 Å². The van der Waals surface area contributed by atoms with Crippen molar-refractivity contribution in [1.82, 2.24) is 4.98 Å². The number of aromatic nitrogens is 1. The molecule has 0 unspecified atom stereocenters. The van der Waals surface area contributed by atoms with Crippen molar-refractivity contribution < 1.29 is 4.79 Å². The van der Waals surface area contributed by atoms with Crippen LogP contribution in [0.4, 0.5) is 0 Å². The second-order valence-electron chi connectivity index (χ2n) is 3.58. The smallest absolute Gasteiger partial charge is 0.169 e. The summed E-state index contributed by atoms with van der Waals surface area (Å²) >= 11 is 1.53. The first-order valence-corrected chi connectivity index (χ1v) is 5.58. The Morgan fingerprint density at radius 1 is 1.27 bits per heavy atom. The minimum Gasteiger partial charge on any atom is -0.346 e. The average Bonchev–Trinajstić information content (AvgIpc) is 2.73. The topological polar surface area (TPSA) is 32.9 Å². The molecule has 0 atom stereocenters. The molecule has 0 radical (unpaired) electrons. The van der Waals surface area contributed by atoms with E-state index in [2.05, 4.69) is 17.1 Å². The zero-order chi connectivity index (χ0) is 10.4. The van der Waals surface area contributed by atoms with E-state index < -0.39 is 0 Å². The first-order valence-electron chi connectivity index (χ1n) is 4.77. The number of Topliss-reactive ketones (excluding diaryl/α,β-unsaturated/α-hetero) is 1. The first-order chi connectivity index (χ1) is 7.25. The van der Waals surface area contributed by atoms with Crippen molar-refractivity contribution in [3.8, 4) is 0 Å². The molecule has 74 valence electrons. The number of hydrogen-bond acceptors (Lipinski definition) is 2. The van der Waals surface area contributed by atoms with Crippen molar-refractivity contribution in [3.05, 3.63) is 35.2 Å². The lowest BCUT2D eigenvalue weighted by Crippen LogP contribution is -1.83. The number of benzene rings is 1. The van der Waals surface area contributed by atoms with Gasteiger partial charge in [0.05, 0.1) is 4.88 Å². The van der Waals surface area contributed by atoms with Crippen molar-refractivity contribution in [2.75, 3.05) is 0 Å². The molecule has 0 aliphatic heterocycles. The van der Waals surface area contributed by atoms with E-state index >= 15 is 0 Å². The third kappa shape index (κ3) is 1.20. The molecular formula is C12H9NOS. The van der Waals surface area contributed by atoms with Gasteiger partial charge in [-0.1, -0.05) is 18.2 Å². The number of fused-ring (bicyclic) bond motifs is 3. The van der Waals surface area contributed by atoms with Gasteiger partial charge in [-0.05, 0) is 19.1 Å². The SMILES string of the molecule is CC(=O)c1cc2c([nH]c3ccccc32)s1. The van der Waals surface area contributed by atoms with Crippen LogP contribution in [-0.2, 0) is 0 Å². The lowest BCUT2D eigenvalue weighted by molar-refractivity contribution is 0.102. The molecule has 1 aromatic carbocycles. The van der Waals surface area contributed by atoms with Crippen LogP contribution in [0, 0.1) is 0 Å². The monoisotopic (exact) mass is 215 g/mol. The summed E-state index contributed by atoms with van der Waals surface area (Å²) in [5.41, 5.74) is 1.13. The molecule has 3 aromatic rings. The van der Waals surface area contributed by atoms with Crippen molar-refractivity contribution in [2.45, 2.75) is 6.92 Å². The molecule has 3 heteroatoms. The number of aromatic amines is 1. The van der Waals surface area contributed by atoms with Gasteiger partial charge in [-0.2, -0.15) is 0 Å². The van der Waals surface area contributed by atoms with Gasteiger partial charge in [-0.3, -0.25) is 4.79 Å². The fraction of sp³-hybridized carbons (Fsp3) is 0.0833. The fourth-order valence-corrected chi connectivity index (χ4v) is 2.79. The maximum absolute atomic E-state index is 11.2. The molecule has 2 aromatic heterocycles. The van der Waals surface area contributed by atoms with E-state index in [1.165, 1.54) is 16.7 Å². The number of nitrogens with one attached hydrogen (secondary N) is 1. The number of carbonyl (C=O) groups is 1. The highest BCUT2D eigenvalue weighted by Crippen LogP contribution is 2.31. The molecule has 0 saturated heterocycles. The first kappa shape index (κ1) is 8.68. The van der Waals surface area contributed by atoms with Crippen LogP contribution < -0.4 is 0 Å². The lowest BCUT2D eigenvalue weighted by Gasteiger charge is -1.87. The highest BCUT2D eigenvalue weighted by molar-refractivity contribution is 7.20. The molecule has 2 heterocycles. The maximum atomic E-state index is 11.2. The Morgan fingerprint density at radius 2 is 2.07 bits per heavy atom. The van der Waals surface area contributed by atoms with Crippen LogP contribution in [0.2, 0.25) is 0 Å². The molecule has 3 rings (SSSR count). The minimum absolute atomic E-state index is 0.133. The quantitative estimate of drug-likeness (QED) is 0.618. The van der Waals surface area contributed by atoms with Crippen LogP contribution in [0.1, 0.15) is 16.6 Å². The van der Waals surface area contributed by atoms with Crippen LogP contribution in [0.15, 0.2) is 30.3 Å². The van der Waals surface area contributed by atoms with Gasteiger partial charge < -0.3 is 4.98 Å². The van der Waals surface area contributed by atoms with E-state index in [-0.39, 0.29) is 5.78 Å². The number of rotatable bonds is 1. The zero-order valence-corrected chi connectivity index (χ0v) is 9.02. The van der Waals surface area contributed by atoms with Gasteiger partial charge in [0, 0.05) is 16.3 Å². The molecule has 2 nitrogen and oxygen atoms in total. The second kappa shape index (κ2) is 2.94. The van der Waals surface area contributed by atoms with Crippen molar-refractivity contribution in [1.29, 1.82) is 0 Å². The van der Waals surface area contributed by atoms with Crippen LogP contribution in [0.25, 0.3) is 21.1 Å². The van der Waals surface area contributed by atoms with E-state index in [0.29, 0.717) is 0 Å². The number of H-pyrrole nitrogens is 1. The van der Waals surface area contributed by atoms with E-state index in [4.69, 9.17) is 0 Å². The van der Waals surface area contributed by atoms with Crippen molar-refractivity contribution >= 4 is 38.2 Å². The summed E-state index contributed by atoms with van der Waals surface area (Å²) in [7, 11) is 0. The highest BCUT2D eigenvalue weighted by atomic mass is 32.1. The molecule has 1 N–H and O–H groups in total. The van der Waals surface area contributed by atoms with Crippen molar-refractivity contribution in [2.24, 2.45) is 0 Å². The van der Waals surface area contributed by atoms with Crippen LogP contribution >= 0.6 is 11.3 Å². The minimum atomic E-state index is 0.133. The molecule has 15 heavy (non-hydrogen) atoms. The fourth-order valence-electron chi connectivity index (χ4n) is 1.81. The number of thiophene rings is 1. The Morgan fingerprint density at radius 3 is 2.87 bits per heavy atom.